The molecule has 182 valence electrons. The van der Waals surface area contributed by atoms with Crippen LogP contribution in [0.25, 0.3) is 0 Å². The Balaban J connectivity index is 1.55. The first-order valence-electron chi connectivity index (χ1n) is 13.2. The van der Waals surface area contributed by atoms with Crippen molar-refractivity contribution in [3.63, 3.8) is 0 Å². The van der Waals surface area contributed by atoms with Crippen molar-refractivity contribution in [2.24, 2.45) is 23.3 Å². The highest BCUT2D eigenvalue weighted by Gasteiger charge is 2.41. The molecule has 3 fully saturated rings. The van der Waals surface area contributed by atoms with Crippen LogP contribution in [0.3, 0.4) is 0 Å². The van der Waals surface area contributed by atoms with Crippen LogP contribution in [0.5, 0.6) is 0 Å². The van der Waals surface area contributed by atoms with Crippen molar-refractivity contribution in [1.82, 2.24) is 0 Å². The Kier molecular flexibility index (Phi) is 11.6. The van der Waals surface area contributed by atoms with E-state index in [1.165, 1.54) is 64.2 Å². The van der Waals surface area contributed by atoms with Crippen LogP contribution in [-0.2, 0) is 18.9 Å². The van der Waals surface area contributed by atoms with Gasteiger partial charge in [-0.25, -0.2) is 0 Å². The Morgan fingerprint density at radius 2 is 1.42 bits per heavy atom. The predicted molar refractivity (Wildman–Crippen MR) is 124 cm³/mol. The summed E-state index contributed by atoms with van der Waals surface area (Å²) in [6.45, 7) is 5.20. The lowest BCUT2D eigenvalue weighted by Gasteiger charge is -2.34. The lowest BCUT2D eigenvalue weighted by molar-refractivity contribution is -0.117. The van der Waals surface area contributed by atoms with Gasteiger partial charge in [0.1, 0.15) is 18.3 Å². The van der Waals surface area contributed by atoms with Crippen molar-refractivity contribution < 1.29 is 18.9 Å². The number of rotatable bonds is 13. The van der Waals surface area contributed by atoms with E-state index in [2.05, 4.69) is 0 Å². The van der Waals surface area contributed by atoms with Crippen LogP contribution in [0.1, 0.15) is 84.0 Å². The molecule has 5 unspecified atom stereocenters. The van der Waals surface area contributed by atoms with Crippen molar-refractivity contribution in [3.8, 4) is 0 Å². The zero-order valence-corrected chi connectivity index (χ0v) is 19.8. The summed E-state index contributed by atoms with van der Waals surface area (Å²) < 4.78 is 25.4. The standard InChI is InChI=1S/C25H48N2O4/c1-2-28-25-23(17-29-21(13-15-26)19-9-5-3-6-10-19)30-18-24(25)31-22(14-16-27)20-11-7-4-8-12-20/h19-25H,2-18,26-27H2,1H3. The molecule has 1 aliphatic heterocycles. The van der Waals surface area contributed by atoms with Gasteiger partial charge >= 0.3 is 0 Å². The minimum atomic E-state index is -0.0707. The van der Waals surface area contributed by atoms with E-state index < -0.39 is 0 Å². The fourth-order valence-electron chi connectivity index (χ4n) is 5.97. The van der Waals surface area contributed by atoms with Crippen molar-refractivity contribution in [2.75, 3.05) is 32.9 Å². The third kappa shape index (κ3) is 7.65. The monoisotopic (exact) mass is 440 g/mol. The minimum absolute atomic E-state index is 0.0327. The molecule has 4 N–H and O–H groups in total. The molecule has 0 radical (unpaired) electrons. The number of ether oxygens (including phenoxy) is 4. The lowest BCUT2D eigenvalue weighted by Crippen LogP contribution is -2.42. The first-order valence-corrected chi connectivity index (χ1v) is 13.2. The van der Waals surface area contributed by atoms with Crippen LogP contribution < -0.4 is 11.5 Å². The zero-order valence-electron chi connectivity index (χ0n) is 19.8. The molecule has 3 aliphatic rings. The highest BCUT2D eigenvalue weighted by molar-refractivity contribution is 4.89. The van der Waals surface area contributed by atoms with Gasteiger partial charge in [0, 0.05) is 6.61 Å². The second-order valence-corrected chi connectivity index (χ2v) is 9.83. The Labute approximate surface area is 190 Å². The maximum absolute atomic E-state index is 6.65. The van der Waals surface area contributed by atoms with Crippen LogP contribution in [0.15, 0.2) is 0 Å². The van der Waals surface area contributed by atoms with Crippen LogP contribution in [0.4, 0.5) is 0 Å². The van der Waals surface area contributed by atoms with Crippen molar-refractivity contribution in [2.45, 2.75) is 114 Å². The molecule has 31 heavy (non-hydrogen) atoms. The Bertz CT molecular complexity index is 468. The van der Waals surface area contributed by atoms with Gasteiger partial charge in [-0.2, -0.15) is 0 Å². The zero-order chi connectivity index (χ0) is 21.9. The molecule has 1 saturated heterocycles. The first kappa shape index (κ1) is 25.4. The second-order valence-electron chi connectivity index (χ2n) is 9.83. The third-order valence-electron chi connectivity index (χ3n) is 7.64. The molecule has 2 aliphatic carbocycles. The molecular formula is C25H48N2O4. The van der Waals surface area contributed by atoms with Crippen molar-refractivity contribution >= 4 is 0 Å². The third-order valence-corrected chi connectivity index (χ3v) is 7.64. The van der Waals surface area contributed by atoms with E-state index in [9.17, 15) is 0 Å². The molecule has 0 aromatic heterocycles. The van der Waals surface area contributed by atoms with Gasteiger partial charge in [0.2, 0.25) is 0 Å². The molecule has 0 bridgehead atoms. The Hall–Kier alpha value is -0.240. The van der Waals surface area contributed by atoms with Crippen LogP contribution in [0, 0.1) is 11.8 Å². The average molecular weight is 441 g/mol. The summed E-state index contributed by atoms with van der Waals surface area (Å²) in [5.41, 5.74) is 11.8. The largest absolute Gasteiger partial charge is 0.375 e. The van der Waals surface area contributed by atoms with Gasteiger partial charge in [0.15, 0.2) is 0 Å². The fraction of sp³-hybridized carbons (Fsp3) is 1.00. The molecule has 6 heteroatoms. The maximum Gasteiger partial charge on any atom is 0.114 e. The van der Waals surface area contributed by atoms with Gasteiger partial charge in [-0.05, 0) is 70.4 Å². The van der Waals surface area contributed by atoms with Gasteiger partial charge in [0.25, 0.3) is 0 Å². The minimum Gasteiger partial charge on any atom is -0.375 e. The second kappa shape index (κ2) is 14.1. The van der Waals surface area contributed by atoms with Crippen LogP contribution >= 0.6 is 0 Å². The topological polar surface area (TPSA) is 89.0 Å². The first-order chi connectivity index (χ1) is 15.3. The summed E-state index contributed by atoms with van der Waals surface area (Å²) in [5.74, 6) is 1.26. The quantitative estimate of drug-likeness (QED) is 0.453. The van der Waals surface area contributed by atoms with Crippen LogP contribution in [-0.4, -0.2) is 63.4 Å². The van der Waals surface area contributed by atoms with Gasteiger partial charge in [-0.1, -0.05) is 38.5 Å². The van der Waals surface area contributed by atoms with E-state index >= 15 is 0 Å². The van der Waals surface area contributed by atoms with Crippen molar-refractivity contribution in [3.05, 3.63) is 0 Å². The molecule has 0 spiro atoms. The Morgan fingerprint density at radius 1 is 0.839 bits per heavy atom. The summed E-state index contributed by atoms with van der Waals surface area (Å²) in [6.07, 6.45) is 15.1. The molecule has 5 atom stereocenters. The van der Waals surface area contributed by atoms with Gasteiger partial charge in [-0.3, -0.25) is 0 Å². The molecule has 1 heterocycles. The maximum atomic E-state index is 6.65. The number of nitrogens with two attached hydrogens (primary N) is 2. The van der Waals surface area contributed by atoms with E-state index in [1.54, 1.807) is 0 Å². The van der Waals surface area contributed by atoms with E-state index in [0.717, 1.165) is 12.8 Å². The predicted octanol–water partition coefficient (Wildman–Crippen LogP) is 3.79. The van der Waals surface area contributed by atoms with E-state index in [4.69, 9.17) is 30.4 Å². The molecular weight excluding hydrogens is 392 g/mol. The normalized spacial score (nSPS) is 30.5. The molecule has 0 aromatic rings. The average Bonchev–Trinajstić information content (AvgIpc) is 3.19. The summed E-state index contributed by atoms with van der Waals surface area (Å²) in [5, 5.41) is 0. The van der Waals surface area contributed by atoms with Crippen LogP contribution in [0.2, 0.25) is 0 Å². The highest BCUT2D eigenvalue weighted by Crippen LogP contribution is 2.33. The lowest BCUT2D eigenvalue weighted by atomic mass is 9.84. The molecule has 0 amide bonds. The van der Waals surface area contributed by atoms with Gasteiger partial charge in [-0.15, -0.1) is 0 Å². The van der Waals surface area contributed by atoms with Gasteiger partial charge in [0.05, 0.1) is 25.4 Å². The summed E-state index contributed by atoms with van der Waals surface area (Å²) in [6, 6.07) is 0. The summed E-state index contributed by atoms with van der Waals surface area (Å²) in [7, 11) is 0. The summed E-state index contributed by atoms with van der Waals surface area (Å²) >= 11 is 0. The summed E-state index contributed by atoms with van der Waals surface area (Å²) in [4.78, 5) is 0. The van der Waals surface area contributed by atoms with E-state index in [-0.39, 0.29) is 30.5 Å². The highest BCUT2D eigenvalue weighted by atomic mass is 16.6. The SMILES string of the molecule is CCOC1C(COC(CCN)C2CCCCC2)OCC1OC(CCN)C1CCCCC1. The number of hydrogen-bond donors (Lipinski definition) is 2. The molecule has 3 rings (SSSR count). The van der Waals surface area contributed by atoms with Crippen molar-refractivity contribution in [1.29, 1.82) is 0 Å². The van der Waals surface area contributed by atoms with Gasteiger partial charge < -0.3 is 30.4 Å². The smallest absolute Gasteiger partial charge is 0.114 e. The Morgan fingerprint density at radius 3 is 2.00 bits per heavy atom. The fourth-order valence-corrected chi connectivity index (χ4v) is 5.97. The van der Waals surface area contributed by atoms with E-state index in [0.29, 0.717) is 44.7 Å². The molecule has 0 aromatic carbocycles. The molecule has 2 saturated carbocycles. The number of hydrogen-bond acceptors (Lipinski definition) is 6. The van der Waals surface area contributed by atoms with E-state index in [1.807, 2.05) is 6.92 Å². The molecule has 6 nitrogen and oxygen atoms in total.